The Kier molecular flexibility index (Phi) is 8.21. The SMILES string of the molecule is O=C(CSc1nnc(-c2cccc(S(=O)(=O)N3CCCC3)c2)n1-c1ccccc1)NCCc1ccccc1. The third-order valence-electron chi connectivity index (χ3n) is 6.35. The van der Waals surface area contributed by atoms with Gasteiger partial charge in [-0.3, -0.25) is 9.36 Å². The molecule has 3 aromatic carbocycles. The van der Waals surface area contributed by atoms with Crippen molar-refractivity contribution in [2.45, 2.75) is 29.3 Å². The molecule has 0 aliphatic carbocycles. The summed E-state index contributed by atoms with van der Waals surface area (Å²) in [5.74, 6) is 0.610. The fourth-order valence-corrected chi connectivity index (χ4v) is 6.75. The van der Waals surface area contributed by atoms with E-state index in [-0.39, 0.29) is 16.6 Å². The van der Waals surface area contributed by atoms with E-state index in [1.807, 2.05) is 71.3 Å². The van der Waals surface area contributed by atoms with Crippen LogP contribution in [0.2, 0.25) is 0 Å². The van der Waals surface area contributed by atoms with Crippen molar-refractivity contribution in [3.8, 4) is 17.1 Å². The van der Waals surface area contributed by atoms with E-state index in [9.17, 15) is 13.2 Å². The Labute approximate surface area is 227 Å². The summed E-state index contributed by atoms with van der Waals surface area (Å²) in [6.45, 7) is 1.64. The Hall–Kier alpha value is -3.47. The molecular weight excluding hydrogens is 518 g/mol. The van der Waals surface area contributed by atoms with E-state index in [1.54, 1.807) is 18.2 Å². The molecule has 1 aromatic heterocycles. The number of hydrogen-bond acceptors (Lipinski definition) is 6. The normalized spacial score (nSPS) is 14.0. The minimum absolute atomic E-state index is 0.0891. The minimum atomic E-state index is -3.57. The lowest BCUT2D eigenvalue weighted by molar-refractivity contribution is -0.118. The van der Waals surface area contributed by atoms with Crippen LogP contribution >= 0.6 is 11.8 Å². The predicted octanol–water partition coefficient (Wildman–Crippen LogP) is 4.17. The number of rotatable bonds is 10. The van der Waals surface area contributed by atoms with Crippen LogP contribution in [-0.4, -0.2) is 58.8 Å². The largest absolute Gasteiger partial charge is 0.355 e. The average Bonchev–Trinajstić information content (AvgIpc) is 3.64. The van der Waals surface area contributed by atoms with Gasteiger partial charge in [-0.2, -0.15) is 4.31 Å². The van der Waals surface area contributed by atoms with Crippen molar-refractivity contribution in [3.63, 3.8) is 0 Å². The van der Waals surface area contributed by atoms with E-state index in [2.05, 4.69) is 15.5 Å². The smallest absolute Gasteiger partial charge is 0.243 e. The number of amides is 1. The van der Waals surface area contributed by atoms with E-state index in [1.165, 1.54) is 21.6 Å². The Morgan fingerprint density at radius 1 is 0.895 bits per heavy atom. The third kappa shape index (κ3) is 5.98. The van der Waals surface area contributed by atoms with Crippen molar-refractivity contribution in [2.75, 3.05) is 25.4 Å². The van der Waals surface area contributed by atoms with E-state index in [4.69, 9.17) is 0 Å². The number of nitrogens with one attached hydrogen (secondary N) is 1. The molecule has 1 aliphatic rings. The number of carbonyl (C=O) groups excluding carboxylic acids is 1. The molecule has 10 heteroatoms. The number of sulfonamides is 1. The van der Waals surface area contributed by atoms with Gasteiger partial charge in [0.2, 0.25) is 15.9 Å². The van der Waals surface area contributed by atoms with Gasteiger partial charge < -0.3 is 5.32 Å². The number of hydrogen-bond donors (Lipinski definition) is 1. The first-order chi connectivity index (χ1) is 18.5. The predicted molar refractivity (Wildman–Crippen MR) is 149 cm³/mol. The van der Waals surface area contributed by atoms with Gasteiger partial charge in [-0.15, -0.1) is 10.2 Å². The molecule has 1 fully saturated rings. The fourth-order valence-electron chi connectivity index (χ4n) is 4.41. The van der Waals surface area contributed by atoms with Crippen LogP contribution in [0.15, 0.2) is 95.0 Å². The van der Waals surface area contributed by atoms with Gasteiger partial charge in [0, 0.05) is 30.9 Å². The molecule has 5 rings (SSSR count). The van der Waals surface area contributed by atoms with Gasteiger partial charge in [-0.1, -0.05) is 72.4 Å². The van der Waals surface area contributed by atoms with Gasteiger partial charge >= 0.3 is 0 Å². The molecule has 1 amide bonds. The molecule has 8 nitrogen and oxygen atoms in total. The maximum absolute atomic E-state index is 13.2. The van der Waals surface area contributed by atoms with Gasteiger partial charge in [0.05, 0.1) is 10.6 Å². The van der Waals surface area contributed by atoms with Crippen LogP contribution in [0.5, 0.6) is 0 Å². The molecule has 0 atom stereocenters. The molecule has 38 heavy (non-hydrogen) atoms. The number of carbonyl (C=O) groups is 1. The number of nitrogens with zero attached hydrogens (tertiary/aromatic N) is 4. The molecule has 0 radical (unpaired) electrons. The minimum Gasteiger partial charge on any atom is -0.355 e. The summed E-state index contributed by atoms with van der Waals surface area (Å²) in [4.78, 5) is 12.8. The quantitative estimate of drug-likeness (QED) is 0.299. The van der Waals surface area contributed by atoms with Crippen LogP contribution < -0.4 is 5.32 Å². The van der Waals surface area contributed by atoms with Crippen LogP contribution in [0, 0.1) is 0 Å². The zero-order chi connectivity index (χ0) is 26.4. The highest BCUT2D eigenvalue weighted by atomic mass is 32.2. The van der Waals surface area contributed by atoms with Crippen molar-refractivity contribution < 1.29 is 13.2 Å². The van der Waals surface area contributed by atoms with Gasteiger partial charge in [-0.25, -0.2) is 8.42 Å². The number of aromatic nitrogens is 3. The Morgan fingerprint density at radius 2 is 1.61 bits per heavy atom. The molecule has 2 heterocycles. The molecular formula is C28H29N5O3S2. The zero-order valence-electron chi connectivity index (χ0n) is 20.9. The lowest BCUT2D eigenvalue weighted by Gasteiger charge is -2.16. The number of para-hydroxylation sites is 1. The molecule has 1 N–H and O–H groups in total. The van der Waals surface area contributed by atoms with Crippen molar-refractivity contribution in [1.82, 2.24) is 24.4 Å². The third-order valence-corrected chi connectivity index (χ3v) is 9.18. The molecule has 4 aromatic rings. The summed E-state index contributed by atoms with van der Waals surface area (Å²) in [6.07, 6.45) is 2.52. The van der Waals surface area contributed by atoms with Gasteiger partial charge in [0.1, 0.15) is 0 Å². The van der Waals surface area contributed by atoms with Gasteiger partial charge in [0.15, 0.2) is 11.0 Å². The number of thioether (sulfide) groups is 1. The fraction of sp³-hybridized carbons (Fsp3) is 0.250. The van der Waals surface area contributed by atoms with E-state index >= 15 is 0 Å². The van der Waals surface area contributed by atoms with Crippen molar-refractivity contribution in [3.05, 3.63) is 90.5 Å². The summed E-state index contributed by atoms with van der Waals surface area (Å²) in [5.41, 5.74) is 2.64. The highest BCUT2D eigenvalue weighted by Crippen LogP contribution is 2.30. The second kappa shape index (κ2) is 11.9. The lowest BCUT2D eigenvalue weighted by atomic mass is 10.1. The van der Waals surface area contributed by atoms with Crippen molar-refractivity contribution in [2.24, 2.45) is 0 Å². The molecule has 0 saturated carbocycles. The Morgan fingerprint density at radius 3 is 2.34 bits per heavy atom. The van der Waals surface area contributed by atoms with Crippen LogP contribution in [0.3, 0.4) is 0 Å². The van der Waals surface area contributed by atoms with Crippen molar-refractivity contribution >= 4 is 27.7 Å². The first-order valence-corrected chi connectivity index (χ1v) is 15.0. The second-order valence-electron chi connectivity index (χ2n) is 8.99. The maximum atomic E-state index is 13.2. The molecule has 0 spiro atoms. The molecule has 0 unspecified atom stereocenters. The second-order valence-corrected chi connectivity index (χ2v) is 11.9. The van der Waals surface area contributed by atoms with E-state index in [0.717, 1.165) is 24.9 Å². The molecule has 1 saturated heterocycles. The first-order valence-electron chi connectivity index (χ1n) is 12.6. The van der Waals surface area contributed by atoms with Crippen LogP contribution in [0.4, 0.5) is 0 Å². The highest BCUT2D eigenvalue weighted by molar-refractivity contribution is 7.99. The van der Waals surface area contributed by atoms with Crippen molar-refractivity contribution in [1.29, 1.82) is 0 Å². The topological polar surface area (TPSA) is 97.2 Å². The Balaban J connectivity index is 1.36. The standard InChI is InChI=1S/C28H29N5O3S2/c34-26(29-17-16-22-10-3-1-4-11-22)21-37-28-31-30-27(33(28)24-13-5-2-6-14-24)23-12-9-15-25(20-23)38(35,36)32-18-7-8-19-32/h1-6,9-15,20H,7-8,16-19,21H2,(H,29,34). The summed E-state index contributed by atoms with van der Waals surface area (Å²) in [7, 11) is -3.57. The summed E-state index contributed by atoms with van der Waals surface area (Å²) in [6, 6.07) is 26.5. The summed E-state index contributed by atoms with van der Waals surface area (Å²) >= 11 is 1.29. The maximum Gasteiger partial charge on any atom is 0.243 e. The van der Waals surface area contributed by atoms with Gasteiger partial charge in [0.25, 0.3) is 0 Å². The van der Waals surface area contributed by atoms with Crippen LogP contribution in [0.25, 0.3) is 17.1 Å². The average molecular weight is 548 g/mol. The summed E-state index contributed by atoms with van der Waals surface area (Å²) < 4.78 is 29.7. The summed E-state index contributed by atoms with van der Waals surface area (Å²) in [5, 5.41) is 12.3. The Bertz CT molecular complexity index is 1490. The van der Waals surface area contributed by atoms with E-state index in [0.29, 0.717) is 36.2 Å². The highest BCUT2D eigenvalue weighted by Gasteiger charge is 2.28. The molecule has 0 bridgehead atoms. The monoisotopic (exact) mass is 547 g/mol. The van der Waals surface area contributed by atoms with Crippen LogP contribution in [0.1, 0.15) is 18.4 Å². The first kappa shape index (κ1) is 26.1. The lowest BCUT2D eigenvalue weighted by Crippen LogP contribution is -2.27. The van der Waals surface area contributed by atoms with Gasteiger partial charge in [-0.05, 0) is 49.1 Å². The number of benzene rings is 3. The van der Waals surface area contributed by atoms with Crippen LogP contribution in [-0.2, 0) is 21.2 Å². The van der Waals surface area contributed by atoms with E-state index < -0.39 is 10.0 Å². The zero-order valence-corrected chi connectivity index (χ0v) is 22.5. The molecule has 1 aliphatic heterocycles. The molecule has 196 valence electrons.